The van der Waals surface area contributed by atoms with Crippen molar-refractivity contribution in [2.75, 3.05) is 26.2 Å². The minimum Gasteiger partial charge on any atom is -0.314 e. The van der Waals surface area contributed by atoms with Crippen LogP contribution in [0.3, 0.4) is 0 Å². The van der Waals surface area contributed by atoms with Crippen LogP contribution in [-0.2, 0) is 0 Å². The Hall–Kier alpha value is -0.340. The van der Waals surface area contributed by atoms with Crippen molar-refractivity contribution in [3.63, 3.8) is 0 Å². The molecule has 1 aliphatic rings. The van der Waals surface area contributed by atoms with E-state index in [4.69, 9.17) is 0 Å². The molecule has 1 fully saturated rings. The second-order valence-corrected chi connectivity index (χ2v) is 4.70. The van der Waals surface area contributed by atoms with Crippen molar-refractivity contribution in [3.8, 4) is 0 Å². The first-order valence-corrected chi connectivity index (χ1v) is 6.34. The first kappa shape index (κ1) is 12.7. The smallest absolute Gasteiger partial charge is 0.0117 e. The summed E-state index contributed by atoms with van der Waals surface area (Å²) >= 11 is 0. The molecule has 2 heteroatoms. The van der Waals surface area contributed by atoms with Crippen molar-refractivity contribution in [2.24, 2.45) is 5.92 Å². The van der Waals surface area contributed by atoms with Gasteiger partial charge in [0.1, 0.15) is 0 Å². The number of nitrogens with one attached hydrogen (secondary N) is 1. The highest BCUT2D eigenvalue weighted by Gasteiger charge is 2.24. The Bertz CT molecular complexity index is 179. The standard InChI is InChI=1S/C13H26N2/c1-4-6-9-15-10-7-13(12(3)11-15)14-8-5-2/h4,12-14H,1,5-11H2,2-3H3. The highest BCUT2D eigenvalue weighted by atomic mass is 15.1. The van der Waals surface area contributed by atoms with Crippen molar-refractivity contribution in [1.82, 2.24) is 10.2 Å². The number of piperidine rings is 1. The second kappa shape index (κ2) is 7.02. The Balaban J connectivity index is 2.24. The van der Waals surface area contributed by atoms with Crippen LogP contribution < -0.4 is 5.32 Å². The molecular weight excluding hydrogens is 184 g/mol. The lowest BCUT2D eigenvalue weighted by atomic mass is 9.93. The van der Waals surface area contributed by atoms with Gasteiger partial charge in [-0.2, -0.15) is 0 Å². The van der Waals surface area contributed by atoms with E-state index in [1.165, 1.54) is 39.0 Å². The second-order valence-electron chi connectivity index (χ2n) is 4.70. The topological polar surface area (TPSA) is 15.3 Å². The van der Waals surface area contributed by atoms with Gasteiger partial charge in [-0.05, 0) is 38.3 Å². The third kappa shape index (κ3) is 4.35. The minimum atomic E-state index is 0.741. The summed E-state index contributed by atoms with van der Waals surface area (Å²) in [6.07, 6.45) is 5.69. The summed E-state index contributed by atoms with van der Waals surface area (Å²) in [5.41, 5.74) is 0. The molecule has 15 heavy (non-hydrogen) atoms. The van der Waals surface area contributed by atoms with Crippen LogP contribution >= 0.6 is 0 Å². The summed E-state index contributed by atoms with van der Waals surface area (Å²) in [7, 11) is 0. The number of rotatable bonds is 6. The van der Waals surface area contributed by atoms with Gasteiger partial charge < -0.3 is 10.2 Å². The third-order valence-electron chi connectivity index (χ3n) is 3.30. The molecule has 1 aliphatic heterocycles. The summed E-state index contributed by atoms with van der Waals surface area (Å²) in [5, 5.41) is 3.65. The van der Waals surface area contributed by atoms with Crippen molar-refractivity contribution in [2.45, 2.75) is 39.2 Å². The van der Waals surface area contributed by atoms with Crippen molar-refractivity contribution < 1.29 is 0 Å². The van der Waals surface area contributed by atoms with E-state index in [1.807, 2.05) is 6.08 Å². The molecule has 1 rings (SSSR count). The molecule has 0 aromatic carbocycles. The van der Waals surface area contributed by atoms with E-state index in [0.29, 0.717) is 0 Å². The molecule has 88 valence electrons. The average Bonchev–Trinajstić information content (AvgIpc) is 2.25. The van der Waals surface area contributed by atoms with E-state index in [1.54, 1.807) is 0 Å². The maximum absolute atomic E-state index is 3.78. The lowest BCUT2D eigenvalue weighted by Gasteiger charge is -2.37. The molecular formula is C13H26N2. The molecule has 0 saturated carbocycles. The molecule has 0 amide bonds. The summed E-state index contributed by atoms with van der Waals surface area (Å²) < 4.78 is 0. The van der Waals surface area contributed by atoms with Crippen LogP contribution in [0.25, 0.3) is 0 Å². The van der Waals surface area contributed by atoms with Crippen LogP contribution in [0, 0.1) is 5.92 Å². The molecule has 0 spiro atoms. The zero-order valence-electron chi connectivity index (χ0n) is 10.3. The highest BCUT2D eigenvalue weighted by molar-refractivity contribution is 4.83. The third-order valence-corrected chi connectivity index (χ3v) is 3.30. The molecule has 0 bridgehead atoms. The Morgan fingerprint density at radius 1 is 1.53 bits per heavy atom. The fraction of sp³-hybridized carbons (Fsp3) is 0.846. The summed E-state index contributed by atoms with van der Waals surface area (Å²) in [4.78, 5) is 2.57. The quantitative estimate of drug-likeness (QED) is 0.677. The normalized spacial score (nSPS) is 27.9. The number of likely N-dealkylation sites (tertiary alicyclic amines) is 1. The molecule has 0 aliphatic carbocycles. The van der Waals surface area contributed by atoms with Crippen molar-refractivity contribution in [3.05, 3.63) is 12.7 Å². The van der Waals surface area contributed by atoms with E-state index in [9.17, 15) is 0 Å². The van der Waals surface area contributed by atoms with Gasteiger partial charge in [0, 0.05) is 19.1 Å². The van der Waals surface area contributed by atoms with Gasteiger partial charge in [0.2, 0.25) is 0 Å². The molecule has 0 radical (unpaired) electrons. The Labute approximate surface area is 94.7 Å². The van der Waals surface area contributed by atoms with E-state index >= 15 is 0 Å². The van der Waals surface area contributed by atoms with Crippen molar-refractivity contribution >= 4 is 0 Å². The van der Waals surface area contributed by atoms with Gasteiger partial charge in [0.05, 0.1) is 0 Å². The van der Waals surface area contributed by atoms with E-state index in [0.717, 1.165) is 18.4 Å². The first-order valence-electron chi connectivity index (χ1n) is 6.34. The van der Waals surface area contributed by atoms with Gasteiger partial charge in [-0.15, -0.1) is 6.58 Å². The molecule has 1 saturated heterocycles. The van der Waals surface area contributed by atoms with Gasteiger partial charge in [0.25, 0.3) is 0 Å². The molecule has 0 aromatic rings. The molecule has 0 aromatic heterocycles. The van der Waals surface area contributed by atoms with Crippen LogP contribution in [0.15, 0.2) is 12.7 Å². The lowest BCUT2D eigenvalue weighted by molar-refractivity contribution is 0.149. The van der Waals surface area contributed by atoms with Crippen LogP contribution in [0.2, 0.25) is 0 Å². The number of nitrogens with zero attached hydrogens (tertiary/aromatic N) is 1. The lowest BCUT2D eigenvalue weighted by Crippen LogP contribution is -2.48. The maximum atomic E-state index is 3.78. The number of hydrogen-bond donors (Lipinski definition) is 1. The Kier molecular flexibility index (Phi) is 5.96. The summed E-state index contributed by atoms with van der Waals surface area (Å²) in [6.45, 7) is 13.2. The van der Waals surface area contributed by atoms with Crippen LogP contribution in [0.4, 0.5) is 0 Å². The van der Waals surface area contributed by atoms with Gasteiger partial charge in [-0.1, -0.05) is 19.9 Å². The predicted octanol–water partition coefficient (Wildman–Crippen LogP) is 2.27. The molecule has 2 atom stereocenters. The Morgan fingerprint density at radius 2 is 2.33 bits per heavy atom. The van der Waals surface area contributed by atoms with Crippen LogP contribution in [0.1, 0.15) is 33.1 Å². The van der Waals surface area contributed by atoms with Gasteiger partial charge in [0.15, 0.2) is 0 Å². The summed E-state index contributed by atoms with van der Waals surface area (Å²) in [5.74, 6) is 0.787. The van der Waals surface area contributed by atoms with E-state index in [-0.39, 0.29) is 0 Å². The van der Waals surface area contributed by atoms with Crippen LogP contribution in [0.5, 0.6) is 0 Å². The SMILES string of the molecule is C=CCCN1CCC(NCCC)C(C)C1. The fourth-order valence-corrected chi connectivity index (χ4v) is 2.34. The largest absolute Gasteiger partial charge is 0.314 e. The van der Waals surface area contributed by atoms with Gasteiger partial charge in [-0.3, -0.25) is 0 Å². The monoisotopic (exact) mass is 210 g/mol. The van der Waals surface area contributed by atoms with Crippen molar-refractivity contribution in [1.29, 1.82) is 0 Å². The number of hydrogen-bond acceptors (Lipinski definition) is 2. The minimum absolute atomic E-state index is 0.741. The van der Waals surface area contributed by atoms with Gasteiger partial charge in [-0.25, -0.2) is 0 Å². The Morgan fingerprint density at radius 3 is 2.93 bits per heavy atom. The van der Waals surface area contributed by atoms with E-state index in [2.05, 4.69) is 30.6 Å². The van der Waals surface area contributed by atoms with Crippen LogP contribution in [-0.4, -0.2) is 37.1 Å². The molecule has 2 nitrogen and oxygen atoms in total. The molecule has 2 unspecified atom stereocenters. The van der Waals surface area contributed by atoms with E-state index < -0.39 is 0 Å². The highest BCUT2D eigenvalue weighted by Crippen LogP contribution is 2.16. The maximum Gasteiger partial charge on any atom is 0.0117 e. The fourth-order valence-electron chi connectivity index (χ4n) is 2.34. The summed E-state index contributed by atoms with van der Waals surface area (Å²) in [6, 6.07) is 0.741. The van der Waals surface area contributed by atoms with Gasteiger partial charge >= 0.3 is 0 Å². The predicted molar refractivity (Wildman–Crippen MR) is 67.1 cm³/mol. The zero-order chi connectivity index (χ0) is 11.1. The molecule has 1 heterocycles. The first-order chi connectivity index (χ1) is 7.27. The average molecular weight is 210 g/mol. The zero-order valence-corrected chi connectivity index (χ0v) is 10.3. The molecule has 1 N–H and O–H groups in total.